The number of carbonyl (C=O) groups is 2. The summed E-state index contributed by atoms with van der Waals surface area (Å²) in [4.78, 5) is 23.3. The highest BCUT2D eigenvalue weighted by atomic mass is 16.2. The van der Waals surface area contributed by atoms with E-state index in [4.69, 9.17) is 0 Å². The number of nitrogens with zero attached hydrogens (tertiary/aromatic N) is 1. The normalized spacial score (nSPS) is 19.7. The van der Waals surface area contributed by atoms with Crippen molar-refractivity contribution in [2.75, 3.05) is 5.32 Å². The smallest absolute Gasteiger partial charge is 0.271 e. The molecule has 1 saturated carbocycles. The van der Waals surface area contributed by atoms with Crippen molar-refractivity contribution in [3.8, 4) is 0 Å². The van der Waals surface area contributed by atoms with Gasteiger partial charge in [-0.3, -0.25) is 9.59 Å². The van der Waals surface area contributed by atoms with Crippen molar-refractivity contribution in [3.63, 3.8) is 0 Å². The molecule has 2 rings (SSSR count). The molecule has 0 heterocycles. The third-order valence-electron chi connectivity index (χ3n) is 3.81. The number of carbonyl (C=O) groups excluding carboxylic acids is 2. The van der Waals surface area contributed by atoms with Crippen molar-refractivity contribution < 1.29 is 9.59 Å². The van der Waals surface area contributed by atoms with Gasteiger partial charge in [0.25, 0.3) is 5.91 Å². The first kappa shape index (κ1) is 16.2. The van der Waals surface area contributed by atoms with Crippen LogP contribution in [0.1, 0.15) is 56.3 Å². The summed E-state index contributed by atoms with van der Waals surface area (Å²) in [5.74, 6) is 0.375. The zero-order chi connectivity index (χ0) is 15.9. The lowest BCUT2D eigenvalue weighted by molar-refractivity contribution is -0.115. The van der Waals surface area contributed by atoms with Gasteiger partial charge in [-0.25, -0.2) is 5.43 Å². The van der Waals surface area contributed by atoms with Crippen molar-refractivity contribution in [2.45, 2.75) is 46.0 Å². The van der Waals surface area contributed by atoms with Crippen LogP contribution < -0.4 is 10.7 Å². The molecule has 2 amide bonds. The molecular formula is C17H23N3O2. The van der Waals surface area contributed by atoms with Gasteiger partial charge in [0.15, 0.2) is 0 Å². The summed E-state index contributed by atoms with van der Waals surface area (Å²) in [5.41, 5.74) is 4.91. The van der Waals surface area contributed by atoms with Gasteiger partial charge >= 0.3 is 0 Å². The van der Waals surface area contributed by atoms with Crippen LogP contribution in [0.5, 0.6) is 0 Å². The van der Waals surface area contributed by atoms with Crippen LogP contribution in [0, 0.1) is 5.92 Å². The number of rotatable bonds is 4. The van der Waals surface area contributed by atoms with E-state index in [1.54, 1.807) is 31.2 Å². The second-order valence-electron chi connectivity index (χ2n) is 5.80. The summed E-state index contributed by atoms with van der Waals surface area (Å²) < 4.78 is 0. The number of anilines is 1. The average molecular weight is 301 g/mol. The number of nitrogens with one attached hydrogen (secondary N) is 2. The van der Waals surface area contributed by atoms with E-state index < -0.39 is 0 Å². The zero-order valence-electron chi connectivity index (χ0n) is 13.2. The van der Waals surface area contributed by atoms with E-state index in [0.29, 0.717) is 23.6 Å². The Morgan fingerprint density at radius 2 is 2.00 bits per heavy atom. The molecule has 0 aromatic heterocycles. The molecule has 1 atom stereocenters. The number of hydrazone groups is 1. The molecule has 1 aromatic carbocycles. The van der Waals surface area contributed by atoms with Crippen LogP contribution in [0.25, 0.3) is 0 Å². The van der Waals surface area contributed by atoms with Gasteiger partial charge in [-0.05, 0) is 55.9 Å². The van der Waals surface area contributed by atoms with Crippen LogP contribution in [0.3, 0.4) is 0 Å². The molecule has 5 heteroatoms. The van der Waals surface area contributed by atoms with E-state index >= 15 is 0 Å². The van der Waals surface area contributed by atoms with Crippen molar-refractivity contribution in [2.24, 2.45) is 11.0 Å². The van der Waals surface area contributed by atoms with E-state index in [1.165, 1.54) is 6.42 Å². The Bertz CT molecular complexity index is 564. The van der Waals surface area contributed by atoms with Crippen LogP contribution in [-0.4, -0.2) is 17.5 Å². The van der Waals surface area contributed by atoms with Crippen molar-refractivity contribution in [3.05, 3.63) is 29.8 Å². The van der Waals surface area contributed by atoms with E-state index in [-0.39, 0.29) is 11.8 Å². The van der Waals surface area contributed by atoms with Gasteiger partial charge < -0.3 is 5.32 Å². The Labute approximate surface area is 131 Å². The first-order valence-corrected chi connectivity index (χ1v) is 7.84. The van der Waals surface area contributed by atoms with Gasteiger partial charge in [0.2, 0.25) is 5.91 Å². The van der Waals surface area contributed by atoms with Crippen LogP contribution in [-0.2, 0) is 4.79 Å². The summed E-state index contributed by atoms with van der Waals surface area (Å²) in [5, 5.41) is 6.99. The lowest BCUT2D eigenvalue weighted by atomic mass is 9.89. The van der Waals surface area contributed by atoms with Gasteiger partial charge in [-0.1, -0.05) is 13.8 Å². The quantitative estimate of drug-likeness (QED) is 0.837. The highest BCUT2D eigenvalue weighted by molar-refractivity contribution is 5.96. The SMILES string of the molecule is CCC(=O)Nc1ccc(C(=O)N/N=C2/CCCC(C)C2)cc1. The molecule has 0 radical (unpaired) electrons. The standard InChI is InChI=1S/C17H23N3O2/c1-3-16(21)18-14-9-7-13(8-10-14)17(22)20-19-15-6-4-5-12(2)11-15/h7-10,12H,3-6,11H2,1-2H3,(H,18,21)(H,20,22)/b19-15-. The van der Waals surface area contributed by atoms with Crippen LogP contribution >= 0.6 is 0 Å². The Hall–Kier alpha value is -2.17. The van der Waals surface area contributed by atoms with Crippen molar-refractivity contribution in [1.82, 2.24) is 5.43 Å². The Morgan fingerprint density at radius 3 is 2.64 bits per heavy atom. The Balaban J connectivity index is 1.92. The van der Waals surface area contributed by atoms with E-state index in [1.807, 2.05) is 0 Å². The summed E-state index contributed by atoms with van der Waals surface area (Å²) in [6.07, 6.45) is 4.73. The highest BCUT2D eigenvalue weighted by Gasteiger charge is 2.14. The molecule has 22 heavy (non-hydrogen) atoms. The monoisotopic (exact) mass is 301 g/mol. The fraction of sp³-hybridized carbons (Fsp3) is 0.471. The molecule has 0 spiro atoms. The van der Waals surface area contributed by atoms with Crippen LogP contribution in [0.15, 0.2) is 29.4 Å². The van der Waals surface area contributed by atoms with E-state index in [9.17, 15) is 9.59 Å². The molecule has 118 valence electrons. The van der Waals surface area contributed by atoms with Gasteiger partial charge in [0, 0.05) is 23.4 Å². The molecule has 1 aliphatic rings. The Kier molecular flexibility index (Phi) is 5.69. The third kappa shape index (κ3) is 4.69. The summed E-state index contributed by atoms with van der Waals surface area (Å²) in [7, 11) is 0. The molecular weight excluding hydrogens is 278 g/mol. The number of hydrogen-bond donors (Lipinski definition) is 2. The topological polar surface area (TPSA) is 70.6 Å². The third-order valence-corrected chi connectivity index (χ3v) is 3.81. The molecule has 2 N–H and O–H groups in total. The van der Waals surface area contributed by atoms with Gasteiger partial charge in [-0.15, -0.1) is 0 Å². The fourth-order valence-electron chi connectivity index (χ4n) is 2.51. The van der Waals surface area contributed by atoms with E-state index in [0.717, 1.165) is 25.0 Å². The lowest BCUT2D eigenvalue weighted by Crippen LogP contribution is -2.22. The highest BCUT2D eigenvalue weighted by Crippen LogP contribution is 2.21. The number of hydrogen-bond acceptors (Lipinski definition) is 3. The molecule has 0 saturated heterocycles. The second kappa shape index (κ2) is 7.73. The van der Waals surface area contributed by atoms with Gasteiger partial charge in [0.1, 0.15) is 0 Å². The van der Waals surface area contributed by atoms with Crippen molar-refractivity contribution in [1.29, 1.82) is 0 Å². The predicted octanol–water partition coefficient (Wildman–Crippen LogP) is 3.33. The fourth-order valence-corrected chi connectivity index (χ4v) is 2.51. The minimum atomic E-state index is -0.223. The minimum absolute atomic E-state index is 0.0463. The zero-order valence-corrected chi connectivity index (χ0v) is 13.2. The first-order chi connectivity index (χ1) is 10.6. The molecule has 5 nitrogen and oxygen atoms in total. The van der Waals surface area contributed by atoms with Crippen molar-refractivity contribution >= 4 is 23.2 Å². The van der Waals surface area contributed by atoms with Crippen LogP contribution in [0.4, 0.5) is 5.69 Å². The van der Waals surface area contributed by atoms with E-state index in [2.05, 4.69) is 22.8 Å². The lowest BCUT2D eigenvalue weighted by Gasteiger charge is -2.18. The average Bonchev–Trinajstić information content (AvgIpc) is 2.53. The molecule has 1 aromatic rings. The molecule has 1 unspecified atom stereocenters. The number of benzene rings is 1. The minimum Gasteiger partial charge on any atom is -0.326 e. The molecule has 1 fully saturated rings. The Morgan fingerprint density at radius 1 is 1.27 bits per heavy atom. The predicted molar refractivity (Wildman–Crippen MR) is 87.9 cm³/mol. The first-order valence-electron chi connectivity index (χ1n) is 7.84. The number of amides is 2. The molecule has 0 bridgehead atoms. The summed E-state index contributed by atoms with van der Waals surface area (Å²) in [6, 6.07) is 6.81. The van der Waals surface area contributed by atoms with Gasteiger partial charge in [-0.2, -0.15) is 5.10 Å². The largest absolute Gasteiger partial charge is 0.326 e. The van der Waals surface area contributed by atoms with Crippen LogP contribution in [0.2, 0.25) is 0 Å². The molecule has 0 aliphatic heterocycles. The van der Waals surface area contributed by atoms with Gasteiger partial charge in [0.05, 0.1) is 0 Å². The second-order valence-corrected chi connectivity index (χ2v) is 5.80. The summed E-state index contributed by atoms with van der Waals surface area (Å²) in [6.45, 7) is 4.00. The molecule has 1 aliphatic carbocycles. The maximum Gasteiger partial charge on any atom is 0.271 e. The summed E-state index contributed by atoms with van der Waals surface area (Å²) >= 11 is 0. The maximum atomic E-state index is 12.1. The maximum absolute atomic E-state index is 12.1.